The maximum Gasteiger partial charge on any atom is 0.647 e. The topological polar surface area (TPSA) is 72.5 Å². The second-order valence-corrected chi connectivity index (χ2v) is 56.9. The van der Waals surface area contributed by atoms with Gasteiger partial charge in [-0.25, -0.2) is 0 Å². The number of phosphoric acid groups is 1. The lowest BCUT2D eigenvalue weighted by Crippen LogP contribution is -2.41. The van der Waals surface area contributed by atoms with Gasteiger partial charge < -0.3 is 26.8 Å². The maximum atomic E-state index is 18.9. The van der Waals surface area contributed by atoms with Crippen molar-refractivity contribution < 1.29 is 31.4 Å². The van der Waals surface area contributed by atoms with Gasteiger partial charge in [-0.2, -0.15) is 4.57 Å². The molecule has 3 aromatic rings. The van der Waals surface area contributed by atoms with Crippen LogP contribution >= 0.6 is 7.82 Å². The summed E-state index contributed by atoms with van der Waals surface area (Å²) < 4.78 is 64.7. The van der Waals surface area contributed by atoms with Crippen molar-refractivity contribution in [3.8, 4) is 17.2 Å². The first-order chi connectivity index (χ1) is 41.8. The molecule has 0 aliphatic rings. The van der Waals surface area contributed by atoms with Crippen LogP contribution in [0.25, 0.3) is 18.2 Å². The minimum absolute atomic E-state index is 0.00502. The molecule has 95 heavy (non-hydrogen) atoms. The molecule has 0 aliphatic carbocycles. The fourth-order valence-electron chi connectivity index (χ4n) is 14.2. The van der Waals surface area contributed by atoms with Gasteiger partial charge in [0.05, 0.1) is 0 Å². The van der Waals surface area contributed by atoms with E-state index in [4.69, 9.17) is 26.8 Å². The third-order valence-electron chi connectivity index (χ3n) is 22.0. The lowest BCUT2D eigenvalue weighted by Gasteiger charge is -2.42. The molecule has 0 bridgehead atoms. The Balaban J connectivity index is 3.17. The highest BCUT2D eigenvalue weighted by Crippen LogP contribution is 2.63. The van der Waals surface area contributed by atoms with E-state index < -0.39 is 65.3 Å². The number of hydrogen-bond acceptors (Lipinski definition) is 7. The average molecular weight is 1380 g/mol. The normalized spacial score (nSPS) is 14.5. The number of benzene rings is 3. The standard InChI is InChI=1S/C84H147O7PSi3/c1-46-58-61(73(7,8)9)55(4)64(82(34,35)49-52-86-93(40,41)79(25,26)27)70(67(58)76(16,17)18)89-92(85,90-71-65(83(36,37)50-53-87-94(42,43)80(28,29)30)56(5)62(74(10,11)12)59(47-2)68(71)77(19,20)21)91-72-66(84(38,39)51-54-88-95(44,45)81(31,32)33)57(6)63(75(13,14)15)60(48-3)69(72)78(22,23)24/h46-48H,1-3,49-54H2,4-45H3. The molecule has 0 amide bonds. The molecule has 0 fully saturated rings. The van der Waals surface area contributed by atoms with Crippen LogP contribution in [-0.4, -0.2) is 44.8 Å². The molecule has 0 aliphatic heterocycles. The summed E-state index contributed by atoms with van der Waals surface area (Å²) in [5, 5.41) is 0.0151. The molecule has 0 atom stereocenters. The van der Waals surface area contributed by atoms with Crippen LogP contribution in [0.3, 0.4) is 0 Å². The van der Waals surface area contributed by atoms with E-state index in [1.807, 2.05) is 18.2 Å². The van der Waals surface area contributed by atoms with Crippen LogP contribution in [0.2, 0.25) is 54.4 Å². The fraction of sp³-hybridized carbons (Fsp3) is 0.714. The molecule has 542 valence electrons. The van der Waals surface area contributed by atoms with Gasteiger partial charge >= 0.3 is 7.82 Å². The van der Waals surface area contributed by atoms with E-state index in [9.17, 15) is 0 Å². The lowest BCUT2D eigenvalue weighted by molar-refractivity contribution is 0.242. The number of phosphoric ester groups is 1. The van der Waals surface area contributed by atoms with Crippen molar-refractivity contribution in [3.63, 3.8) is 0 Å². The van der Waals surface area contributed by atoms with Gasteiger partial charge in [-0.05, 0) is 193 Å². The Morgan fingerprint density at radius 1 is 0.305 bits per heavy atom. The fourth-order valence-corrected chi connectivity index (χ4v) is 18.6. The van der Waals surface area contributed by atoms with Crippen molar-refractivity contribution in [1.82, 2.24) is 0 Å². The zero-order chi connectivity index (χ0) is 75.0. The van der Waals surface area contributed by atoms with E-state index in [0.29, 0.717) is 56.3 Å². The largest absolute Gasteiger partial charge is 0.647 e. The predicted molar refractivity (Wildman–Crippen MR) is 428 cm³/mol. The van der Waals surface area contributed by atoms with E-state index >= 15 is 4.57 Å². The van der Waals surface area contributed by atoms with Crippen LogP contribution < -0.4 is 13.6 Å². The number of hydrogen-bond donors (Lipinski definition) is 0. The first-order valence-corrected chi connectivity index (χ1v) is 46.2. The van der Waals surface area contributed by atoms with Crippen LogP contribution in [0.4, 0.5) is 0 Å². The first kappa shape index (κ1) is 86.3. The summed E-state index contributed by atoms with van der Waals surface area (Å²) in [5.41, 5.74) is 10.3. The van der Waals surface area contributed by atoms with Crippen LogP contribution in [0.15, 0.2) is 19.7 Å². The Bertz CT molecular complexity index is 2990. The van der Waals surface area contributed by atoms with E-state index in [1.54, 1.807) is 0 Å². The Kier molecular flexibility index (Phi) is 25.5. The molecule has 11 heteroatoms. The number of rotatable bonds is 24. The van der Waals surface area contributed by atoms with Crippen molar-refractivity contribution in [2.45, 2.75) is 372 Å². The molecule has 0 unspecified atom stereocenters. The van der Waals surface area contributed by atoms with Crippen LogP contribution in [0, 0.1) is 20.8 Å². The quantitative estimate of drug-likeness (QED) is 0.0654. The van der Waals surface area contributed by atoms with Gasteiger partial charge in [-0.3, -0.25) is 0 Å². The summed E-state index contributed by atoms with van der Waals surface area (Å²) in [6.45, 7) is 111. The molecule has 0 saturated heterocycles. The highest BCUT2D eigenvalue weighted by atomic mass is 31.2. The second kappa shape index (κ2) is 28.1. The predicted octanol–water partition coefficient (Wildman–Crippen LogP) is 27.0. The highest BCUT2D eigenvalue weighted by molar-refractivity contribution is 7.49. The maximum absolute atomic E-state index is 18.9. The zero-order valence-corrected chi connectivity index (χ0v) is 73.8. The summed E-state index contributed by atoms with van der Waals surface area (Å²) in [5.74, 6) is 1.46. The summed E-state index contributed by atoms with van der Waals surface area (Å²) in [7, 11) is -11.8. The van der Waals surface area contributed by atoms with Gasteiger partial charge in [-0.1, -0.05) is 266 Å². The SMILES string of the molecule is C=Cc1c(C(C)(C)C)c(C)c(C(C)(C)CCO[Si](C)(C)C(C)(C)C)c(OP(=O)(Oc2c(C(C)(C)C)c(C=C)c(C(C)(C)C)c(C)c2C(C)(C)CCO[Si](C)(C)C(C)(C)C)Oc2c(C(C)(C)C)c(C=C)c(C(C)(C)C)c(C)c2C(C)(C)CCO[Si](C)(C)C(C)(C)C)c1C(C)(C)C. The highest BCUT2D eigenvalue weighted by Gasteiger charge is 2.50. The van der Waals surface area contributed by atoms with E-state index in [2.05, 4.69) is 308 Å². The Morgan fingerprint density at radius 2 is 0.474 bits per heavy atom. The summed E-state index contributed by atoms with van der Waals surface area (Å²) in [6, 6.07) is 0. The van der Waals surface area contributed by atoms with Gasteiger partial charge in [0.2, 0.25) is 0 Å². The molecular weight excluding hydrogens is 1240 g/mol. The van der Waals surface area contributed by atoms with Gasteiger partial charge in [0.1, 0.15) is 17.2 Å². The molecule has 3 aromatic carbocycles. The van der Waals surface area contributed by atoms with Crippen LogP contribution in [0.5, 0.6) is 17.2 Å². The molecule has 3 rings (SSSR count). The zero-order valence-electron chi connectivity index (χ0n) is 69.9. The molecule has 0 heterocycles. The van der Waals surface area contributed by atoms with E-state index in [1.165, 1.54) is 16.7 Å². The molecule has 0 radical (unpaired) electrons. The lowest BCUT2D eigenvalue weighted by atomic mass is 9.68. The van der Waals surface area contributed by atoms with Crippen LogP contribution in [0.1, 0.15) is 331 Å². The van der Waals surface area contributed by atoms with Crippen molar-refractivity contribution in [3.05, 3.63) is 103 Å². The second-order valence-electron chi connectivity index (χ2n) is 41.0. The molecule has 0 N–H and O–H groups in total. The monoisotopic (exact) mass is 1380 g/mol. The molecule has 0 aromatic heterocycles. The van der Waals surface area contributed by atoms with Gasteiger partial charge in [0.15, 0.2) is 25.0 Å². The van der Waals surface area contributed by atoms with Crippen molar-refractivity contribution in [1.29, 1.82) is 0 Å². The van der Waals surface area contributed by atoms with Gasteiger partial charge in [-0.15, -0.1) is 0 Å². The van der Waals surface area contributed by atoms with Crippen LogP contribution in [-0.2, 0) is 66.6 Å². The van der Waals surface area contributed by atoms with Gasteiger partial charge in [0.25, 0.3) is 0 Å². The third kappa shape index (κ3) is 19.0. The van der Waals surface area contributed by atoms with Crippen molar-refractivity contribution in [2.75, 3.05) is 19.8 Å². The first-order valence-electron chi connectivity index (χ1n) is 36.0. The van der Waals surface area contributed by atoms with E-state index in [0.717, 1.165) is 66.8 Å². The summed E-state index contributed by atoms with van der Waals surface area (Å²) in [6.07, 6.45) is 7.95. The minimum Gasteiger partial charge on any atom is -0.417 e. The molecule has 7 nitrogen and oxygen atoms in total. The Labute approximate surface area is 590 Å². The third-order valence-corrected chi connectivity index (χ3v) is 36.8. The molecule has 0 spiro atoms. The van der Waals surface area contributed by atoms with E-state index in [-0.39, 0.29) is 31.4 Å². The van der Waals surface area contributed by atoms with Crippen molar-refractivity contribution >= 4 is 51.0 Å². The Hall–Kier alpha value is -2.96. The average Bonchev–Trinajstić information content (AvgIpc) is 0.726. The summed E-state index contributed by atoms with van der Waals surface area (Å²) >= 11 is 0. The molecule has 0 saturated carbocycles. The molecular formula is C84H147O7PSi3. The van der Waals surface area contributed by atoms with Crippen molar-refractivity contribution in [2.24, 2.45) is 0 Å². The smallest absolute Gasteiger partial charge is 0.417 e. The van der Waals surface area contributed by atoms with Gasteiger partial charge in [0, 0.05) is 53.2 Å². The Morgan fingerprint density at radius 3 is 0.611 bits per heavy atom. The summed E-state index contributed by atoms with van der Waals surface area (Å²) in [4.78, 5) is 0. The minimum atomic E-state index is -5.18.